The number of benzene rings is 2. The lowest BCUT2D eigenvalue weighted by Crippen LogP contribution is -1.92. The minimum atomic E-state index is 0.586. The van der Waals surface area contributed by atoms with Crippen LogP contribution in [0.4, 0.5) is 0 Å². The van der Waals surface area contributed by atoms with Crippen molar-refractivity contribution in [1.82, 2.24) is 9.97 Å². The molecule has 0 aliphatic rings. The lowest BCUT2D eigenvalue weighted by Gasteiger charge is -2.14. The summed E-state index contributed by atoms with van der Waals surface area (Å²) in [6.07, 6.45) is 3.61. The third kappa shape index (κ3) is 4.18. The van der Waals surface area contributed by atoms with Crippen molar-refractivity contribution in [2.75, 3.05) is 0 Å². The summed E-state index contributed by atoms with van der Waals surface area (Å²) in [5.74, 6) is 1.36. The van der Waals surface area contributed by atoms with Gasteiger partial charge in [0.25, 0.3) is 0 Å². The van der Waals surface area contributed by atoms with Gasteiger partial charge in [0.05, 0.1) is 10.6 Å². The van der Waals surface area contributed by atoms with Gasteiger partial charge in [0.1, 0.15) is 5.75 Å². The third-order valence-electron chi connectivity index (χ3n) is 5.38. The van der Waals surface area contributed by atoms with Crippen LogP contribution >= 0.6 is 11.3 Å². The number of rotatable bonds is 5. The Hall–Kier alpha value is -3.76. The highest BCUT2D eigenvalue weighted by atomic mass is 32.1. The maximum absolute atomic E-state index is 5.86. The lowest BCUT2D eigenvalue weighted by molar-refractivity contribution is 0.465. The average molecular weight is 435 g/mol. The summed E-state index contributed by atoms with van der Waals surface area (Å²) in [5.41, 5.74) is 8.36. The highest BCUT2D eigenvalue weighted by Crippen LogP contribution is 2.36. The second-order valence-electron chi connectivity index (χ2n) is 7.70. The van der Waals surface area contributed by atoms with Crippen molar-refractivity contribution in [3.63, 3.8) is 0 Å². The van der Waals surface area contributed by atoms with E-state index in [2.05, 4.69) is 72.3 Å². The van der Waals surface area contributed by atoms with Crippen LogP contribution in [0.2, 0.25) is 0 Å². The smallest absolute Gasteiger partial charge is 0.219 e. The molecule has 156 valence electrons. The fourth-order valence-electron chi connectivity index (χ4n) is 3.97. The number of hydrogen-bond acceptors (Lipinski definition) is 4. The first-order valence-electron chi connectivity index (χ1n) is 10.5. The van der Waals surface area contributed by atoms with Crippen LogP contribution in [-0.2, 0) is 0 Å². The van der Waals surface area contributed by atoms with E-state index >= 15 is 0 Å². The van der Waals surface area contributed by atoms with Gasteiger partial charge < -0.3 is 4.74 Å². The predicted octanol–water partition coefficient (Wildman–Crippen LogP) is 7.95. The standard InChI is InChI=1S/C28H22N2OS/c1-19-14-23(21-8-4-3-5-9-21)15-20(2)28(19)22-11-13-29-25(16-22)26-17-24(18-32-26)31-27-10-6-7-12-30-27/h3-18H,1-2H3. The Labute approximate surface area is 192 Å². The van der Waals surface area contributed by atoms with Crippen molar-refractivity contribution < 1.29 is 4.74 Å². The molecule has 2 aromatic carbocycles. The van der Waals surface area contributed by atoms with Crippen LogP contribution < -0.4 is 4.74 Å². The van der Waals surface area contributed by atoms with Crippen molar-refractivity contribution in [3.8, 4) is 44.5 Å². The van der Waals surface area contributed by atoms with Gasteiger partial charge in [-0.2, -0.15) is 0 Å². The summed E-state index contributed by atoms with van der Waals surface area (Å²) in [4.78, 5) is 9.91. The molecule has 0 unspecified atom stereocenters. The molecule has 0 fully saturated rings. The van der Waals surface area contributed by atoms with Crippen LogP contribution in [0.15, 0.2) is 96.6 Å². The van der Waals surface area contributed by atoms with Crippen LogP contribution in [0.3, 0.4) is 0 Å². The molecule has 5 aromatic rings. The highest BCUT2D eigenvalue weighted by molar-refractivity contribution is 7.13. The monoisotopic (exact) mass is 434 g/mol. The first kappa shape index (κ1) is 20.2. The van der Waals surface area contributed by atoms with E-state index in [1.165, 1.54) is 33.4 Å². The van der Waals surface area contributed by atoms with Crippen molar-refractivity contribution in [3.05, 3.63) is 108 Å². The molecule has 0 aliphatic carbocycles. The predicted molar refractivity (Wildman–Crippen MR) is 132 cm³/mol. The van der Waals surface area contributed by atoms with Gasteiger partial charge in [0.2, 0.25) is 5.88 Å². The average Bonchev–Trinajstić information content (AvgIpc) is 3.29. The summed E-state index contributed by atoms with van der Waals surface area (Å²) in [6.45, 7) is 4.36. The zero-order chi connectivity index (χ0) is 21.9. The Morgan fingerprint density at radius 2 is 1.47 bits per heavy atom. The molecular weight excluding hydrogens is 412 g/mol. The summed E-state index contributed by atoms with van der Waals surface area (Å²) in [6, 6.07) is 26.9. The Kier molecular flexibility index (Phi) is 5.53. The SMILES string of the molecule is Cc1cc(-c2ccccc2)cc(C)c1-c1ccnc(-c2cc(Oc3ccccn3)cs2)c1. The number of pyridine rings is 2. The first-order chi connectivity index (χ1) is 15.7. The van der Waals surface area contributed by atoms with Gasteiger partial charge in [-0.1, -0.05) is 48.5 Å². The maximum atomic E-state index is 5.86. The van der Waals surface area contributed by atoms with Crippen LogP contribution in [0.5, 0.6) is 11.6 Å². The van der Waals surface area contributed by atoms with Gasteiger partial charge in [-0.25, -0.2) is 4.98 Å². The summed E-state index contributed by atoms with van der Waals surface area (Å²) in [7, 11) is 0. The molecule has 3 aromatic heterocycles. The zero-order valence-corrected chi connectivity index (χ0v) is 18.8. The molecule has 3 nitrogen and oxygen atoms in total. The molecule has 5 rings (SSSR count). The summed E-state index contributed by atoms with van der Waals surface area (Å²) in [5, 5.41) is 1.99. The van der Waals surface area contributed by atoms with E-state index in [0.717, 1.165) is 16.3 Å². The molecular formula is C28H22N2OS. The Balaban J connectivity index is 1.46. The van der Waals surface area contributed by atoms with E-state index in [1.807, 2.05) is 41.9 Å². The quantitative estimate of drug-likeness (QED) is 0.281. The van der Waals surface area contributed by atoms with Crippen molar-refractivity contribution in [2.45, 2.75) is 13.8 Å². The third-order valence-corrected chi connectivity index (χ3v) is 6.31. The van der Waals surface area contributed by atoms with Crippen molar-refractivity contribution in [1.29, 1.82) is 0 Å². The van der Waals surface area contributed by atoms with Crippen LogP contribution in [0.1, 0.15) is 11.1 Å². The van der Waals surface area contributed by atoms with Crippen LogP contribution in [0, 0.1) is 13.8 Å². The summed E-state index contributed by atoms with van der Waals surface area (Å²) < 4.78 is 5.86. The Morgan fingerprint density at radius 1 is 0.688 bits per heavy atom. The van der Waals surface area contributed by atoms with E-state index in [-0.39, 0.29) is 0 Å². The zero-order valence-electron chi connectivity index (χ0n) is 17.9. The van der Waals surface area contributed by atoms with Crippen LogP contribution in [-0.4, -0.2) is 9.97 Å². The number of aromatic nitrogens is 2. The fraction of sp³-hybridized carbons (Fsp3) is 0.0714. The largest absolute Gasteiger partial charge is 0.438 e. The lowest BCUT2D eigenvalue weighted by atomic mass is 9.91. The molecule has 32 heavy (non-hydrogen) atoms. The Bertz CT molecular complexity index is 1340. The number of thiophene rings is 1. The molecule has 0 saturated heterocycles. The molecule has 0 aliphatic heterocycles. The van der Waals surface area contributed by atoms with Gasteiger partial charge in [0.15, 0.2) is 0 Å². The van der Waals surface area contributed by atoms with E-state index in [9.17, 15) is 0 Å². The van der Waals surface area contributed by atoms with Crippen molar-refractivity contribution >= 4 is 11.3 Å². The molecule has 3 heterocycles. The molecule has 0 amide bonds. The Morgan fingerprint density at radius 3 is 2.22 bits per heavy atom. The van der Waals surface area contributed by atoms with E-state index in [1.54, 1.807) is 17.5 Å². The maximum Gasteiger partial charge on any atom is 0.219 e. The van der Waals surface area contributed by atoms with E-state index in [0.29, 0.717) is 5.88 Å². The topological polar surface area (TPSA) is 35.0 Å². The van der Waals surface area contributed by atoms with E-state index in [4.69, 9.17) is 4.74 Å². The minimum absolute atomic E-state index is 0.586. The second-order valence-corrected chi connectivity index (χ2v) is 8.61. The van der Waals surface area contributed by atoms with Crippen LogP contribution in [0.25, 0.3) is 32.8 Å². The van der Waals surface area contributed by atoms with E-state index < -0.39 is 0 Å². The summed E-state index contributed by atoms with van der Waals surface area (Å²) >= 11 is 1.62. The van der Waals surface area contributed by atoms with Gasteiger partial charge >= 0.3 is 0 Å². The molecule has 0 spiro atoms. The number of hydrogen-bond donors (Lipinski definition) is 0. The first-order valence-corrected chi connectivity index (χ1v) is 11.4. The van der Waals surface area contributed by atoms with Gasteiger partial charge in [-0.3, -0.25) is 4.98 Å². The van der Waals surface area contributed by atoms with Gasteiger partial charge in [-0.15, -0.1) is 11.3 Å². The molecule has 0 radical (unpaired) electrons. The molecule has 4 heteroatoms. The fourth-order valence-corrected chi connectivity index (χ4v) is 4.75. The second kappa shape index (κ2) is 8.77. The van der Waals surface area contributed by atoms with Gasteiger partial charge in [-0.05, 0) is 65.4 Å². The number of nitrogens with zero attached hydrogens (tertiary/aromatic N) is 2. The highest BCUT2D eigenvalue weighted by Gasteiger charge is 2.12. The molecule has 0 N–H and O–H groups in total. The molecule has 0 atom stereocenters. The van der Waals surface area contributed by atoms with Gasteiger partial charge in [0, 0.05) is 29.9 Å². The number of aryl methyl sites for hydroxylation is 2. The molecule has 0 bridgehead atoms. The van der Waals surface area contributed by atoms with Crippen molar-refractivity contribution in [2.24, 2.45) is 0 Å². The molecule has 0 saturated carbocycles. The number of ether oxygens (including phenoxy) is 1. The normalized spacial score (nSPS) is 10.8. The minimum Gasteiger partial charge on any atom is -0.438 e.